The fourth-order valence-electron chi connectivity index (χ4n) is 2.94. The van der Waals surface area contributed by atoms with E-state index in [0.717, 1.165) is 24.3 Å². The molecular formula is C19H29NO. The first-order chi connectivity index (χ1) is 9.75. The zero-order chi connectivity index (χ0) is 15.8. The first-order valence-electron chi connectivity index (χ1n) is 7.99. The van der Waals surface area contributed by atoms with E-state index in [1.54, 1.807) is 0 Å². The van der Waals surface area contributed by atoms with Crippen LogP contribution < -0.4 is 5.32 Å². The Balaban J connectivity index is 2.54. The lowest BCUT2D eigenvalue weighted by Crippen LogP contribution is -2.32. The fraction of sp³-hybridized carbons (Fsp3) is 0.579. The van der Waals surface area contributed by atoms with Crippen molar-refractivity contribution in [3.63, 3.8) is 0 Å². The van der Waals surface area contributed by atoms with E-state index in [1.165, 1.54) is 22.1 Å². The van der Waals surface area contributed by atoms with Crippen LogP contribution in [0.5, 0.6) is 0 Å². The molecular weight excluding hydrogens is 258 g/mol. The summed E-state index contributed by atoms with van der Waals surface area (Å²) >= 11 is 0. The predicted molar refractivity (Wildman–Crippen MR) is 90.9 cm³/mol. The Hall–Kier alpha value is -1.28. The molecule has 0 aliphatic rings. The summed E-state index contributed by atoms with van der Waals surface area (Å²) < 4.78 is 6.28. The van der Waals surface area contributed by atoms with Gasteiger partial charge in [-0.1, -0.05) is 33.8 Å². The van der Waals surface area contributed by atoms with E-state index in [2.05, 4.69) is 65.9 Å². The van der Waals surface area contributed by atoms with Crippen molar-refractivity contribution in [2.45, 2.75) is 60.9 Å². The van der Waals surface area contributed by atoms with Gasteiger partial charge in [0.05, 0.1) is 6.04 Å². The van der Waals surface area contributed by atoms with E-state index >= 15 is 0 Å². The number of aryl methyl sites for hydroxylation is 3. The van der Waals surface area contributed by atoms with Gasteiger partial charge in [-0.2, -0.15) is 0 Å². The third-order valence-corrected chi connectivity index (χ3v) is 4.29. The van der Waals surface area contributed by atoms with E-state index in [1.807, 2.05) is 0 Å². The van der Waals surface area contributed by atoms with Gasteiger partial charge in [0.2, 0.25) is 0 Å². The molecule has 116 valence electrons. The Morgan fingerprint density at radius 2 is 1.76 bits per heavy atom. The topological polar surface area (TPSA) is 25.2 Å². The first kappa shape index (κ1) is 16.1. The normalized spacial score (nSPS) is 13.9. The lowest BCUT2D eigenvalue weighted by Gasteiger charge is -2.30. The lowest BCUT2D eigenvalue weighted by molar-refractivity contribution is 0.241. The fourth-order valence-corrected chi connectivity index (χ4v) is 2.94. The zero-order valence-corrected chi connectivity index (χ0v) is 14.6. The Kier molecular flexibility index (Phi) is 4.48. The summed E-state index contributed by atoms with van der Waals surface area (Å²) in [5.41, 5.74) is 5.03. The van der Waals surface area contributed by atoms with Crippen molar-refractivity contribution in [1.82, 2.24) is 5.32 Å². The van der Waals surface area contributed by atoms with Crippen LogP contribution in [0.25, 0.3) is 11.0 Å². The molecule has 0 amide bonds. The second-order valence-electron chi connectivity index (χ2n) is 7.28. The molecule has 0 bridgehead atoms. The van der Waals surface area contributed by atoms with Gasteiger partial charge in [0.1, 0.15) is 11.3 Å². The zero-order valence-electron chi connectivity index (χ0n) is 14.6. The summed E-state index contributed by atoms with van der Waals surface area (Å²) in [5.74, 6) is 1.06. The van der Waals surface area contributed by atoms with Crippen LogP contribution in [0, 0.1) is 26.2 Å². The standard InChI is InChI=1S/C19H29NO/c1-8-9-20-18(19(5,6)7)16-11-15-13(3)10-12(2)14(4)17(15)21-16/h10-11,18,20H,8-9H2,1-7H3. The largest absolute Gasteiger partial charge is 0.459 e. The first-order valence-corrected chi connectivity index (χ1v) is 7.99. The highest BCUT2D eigenvalue weighted by Crippen LogP contribution is 2.37. The quantitative estimate of drug-likeness (QED) is 0.809. The summed E-state index contributed by atoms with van der Waals surface area (Å²) in [6.07, 6.45) is 1.13. The lowest BCUT2D eigenvalue weighted by atomic mass is 9.85. The Morgan fingerprint density at radius 1 is 1.10 bits per heavy atom. The molecule has 1 N–H and O–H groups in total. The number of hydrogen-bond donors (Lipinski definition) is 1. The van der Waals surface area contributed by atoms with Crippen LogP contribution in [-0.4, -0.2) is 6.54 Å². The summed E-state index contributed by atoms with van der Waals surface area (Å²) in [4.78, 5) is 0. The predicted octanol–water partition coefficient (Wildman–Crippen LogP) is 5.44. The van der Waals surface area contributed by atoms with Gasteiger partial charge in [0.25, 0.3) is 0 Å². The summed E-state index contributed by atoms with van der Waals surface area (Å²) in [6, 6.07) is 4.72. The van der Waals surface area contributed by atoms with Crippen LogP contribution in [0.15, 0.2) is 16.5 Å². The van der Waals surface area contributed by atoms with Gasteiger partial charge in [-0.05, 0) is 61.9 Å². The van der Waals surface area contributed by atoms with Crippen molar-refractivity contribution in [3.05, 3.63) is 34.6 Å². The van der Waals surface area contributed by atoms with E-state index in [-0.39, 0.29) is 11.5 Å². The molecule has 0 aliphatic carbocycles. The van der Waals surface area contributed by atoms with Gasteiger partial charge in [0, 0.05) is 5.39 Å². The van der Waals surface area contributed by atoms with Gasteiger partial charge in [0.15, 0.2) is 0 Å². The van der Waals surface area contributed by atoms with Crippen LogP contribution >= 0.6 is 0 Å². The van der Waals surface area contributed by atoms with E-state index in [9.17, 15) is 0 Å². The summed E-state index contributed by atoms with van der Waals surface area (Å²) in [5, 5.41) is 4.90. The third kappa shape index (κ3) is 3.16. The molecule has 1 aromatic heterocycles. The highest BCUT2D eigenvalue weighted by molar-refractivity contribution is 5.85. The average molecular weight is 287 g/mol. The Labute approximate surface area is 128 Å². The molecule has 2 rings (SSSR count). The second-order valence-corrected chi connectivity index (χ2v) is 7.28. The minimum atomic E-state index is 0.125. The van der Waals surface area contributed by atoms with Gasteiger partial charge in [-0.15, -0.1) is 0 Å². The molecule has 2 aromatic rings. The third-order valence-electron chi connectivity index (χ3n) is 4.29. The number of hydrogen-bond acceptors (Lipinski definition) is 2. The van der Waals surface area contributed by atoms with Crippen LogP contribution in [0.3, 0.4) is 0 Å². The van der Waals surface area contributed by atoms with Crippen LogP contribution in [-0.2, 0) is 0 Å². The number of furan rings is 1. The van der Waals surface area contributed by atoms with Crippen molar-refractivity contribution >= 4 is 11.0 Å². The maximum atomic E-state index is 6.28. The average Bonchev–Trinajstić information content (AvgIpc) is 2.80. The van der Waals surface area contributed by atoms with Crippen molar-refractivity contribution in [3.8, 4) is 0 Å². The highest BCUT2D eigenvalue weighted by atomic mass is 16.3. The minimum absolute atomic E-state index is 0.125. The van der Waals surface area contributed by atoms with E-state index in [4.69, 9.17) is 4.42 Å². The van der Waals surface area contributed by atoms with E-state index < -0.39 is 0 Å². The van der Waals surface area contributed by atoms with Crippen molar-refractivity contribution < 1.29 is 4.42 Å². The number of benzene rings is 1. The number of nitrogens with one attached hydrogen (secondary N) is 1. The Morgan fingerprint density at radius 3 is 2.33 bits per heavy atom. The van der Waals surface area contributed by atoms with Crippen molar-refractivity contribution in [2.24, 2.45) is 5.41 Å². The summed E-state index contributed by atoms with van der Waals surface area (Å²) in [7, 11) is 0. The Bertz CT molecular complexity index is 631. The molecule has 1 aromatic carbocycles. The second kappa shape index (κ2) is 5.84. The molecule has 0 fully saturated rings. The molecule has 0 radical (unpaired) electrons. The molecule has 0 aliphatic heterocycles. The minimum Gasteiger partial charge on any atom is -0.459 e. The molecule has 2 heteroatoms. The van der Waals surface area contributed by atoms with Gasteiger partial charge in [-0.25, -0.2) is 0 Å². The molecule has 2 nitrogen and oxygen atoms in total. The number of fused-ring (bicyclic) bond motifs is 1. The highest BCUT2D eigenvalue weighted by Gasteiger charge is 2.29. The van der Waals surface area contributed by atoms with Gasteiger partial charge < -0.3 is 9.73 Å². The monoisotopic (exact) mass is 287 g/mol. The molecule has 1 unspecified atom stereocenters. The van der Waals surface area contributed by atoms with Crippen LogP contribution in [0.1, 0.15) is 62.6 Å². The molecule has 1 atom stereocenters. The number of rotatable bonds is 4. The molecule has 0 spiro atoms. The van der Waals surface area contributed by atoms with Crippen molar-refractivity contribution in [1.29, 1.82) is 0 Å². The molecule has 0 saturated carbocycles. The van der Waals surface area contributed by atoms with Gasteiger partial charge >= 0.3 is 0 Å². The van der Waals surface area contributed by atoms with E-state index in [0.29, 0.717) is 0 Å². The van der Waals surface area contributed by atoms with Crippen LogP contribution in [0.4, 0.5) is 0 Å². The summed E-state index contributed by atoms with van der Waals surface area (Å²) in [6.45, 7) is 16.5. The van der Waals surface area contributed by atoms with Gasteiger partial charge in [-0.3, -0.25) is 0 Å². The maximum Gasteiger partial charge on any atom is 0.137 e. The molecule has 1 heterocycles. The molecule has 0 saturated heterocycles. The SMILES string of the molecule is CCCNC(c1cc2c(C)cc(C)c(C)c2o1)C(C)(C)C. The molecule has 21 heavy (non-hydrogen) atoms. The van der Waals surface area contributed by atoms with Crippen molar-refractivity contribution in [2.75, 3.05) is 6.54 Å². The maximum absolute atomic E-state index is 6.28. The smallest absolute Gasteiger partial charge is 0.137 e. The van der Waals surface area contributed by atoms with Crippen LogP contribution in [0.2, 0.25) is 0 Å².